The van der Waals surface area contributed by atoms with Gasteiger partial charge in [0.25, 0.3) is 0 Å². The molecule has 2 rings (SSSR count). The van der Waals surface area contributed by atoms with E-state index in [2.05, 4.69) is 16.0 Å². The standard InChI is InChI=1S/C17H25N3O3/c1-23-15-5-2-13(3-6-15)11-19-17(22)12-20-16(21)7-4-14-8-9-18-10-14/h2-3,5-6,14,18H,4,7-12H2,1H3,(H,19,22)(H,20,21). The van der Waals surface area contributed by atoms with Crippen molar-refractivity contribution in [3.8, 4) is 5.75 Å². The van der Waals surface area contributed by atoms with Crippen molar-refractivity contribution in [2.75, 3.05) is 26.7 Å². The molecule has 23 heavy (non-hydrogen) atoms. The monoisotopic (exact) mass is 319 g/mol. The second kappa shape index (κ2) is 9.15. The quantitative estimate of drug-likeness (QED) is 0.663. The first-order valence-corrected chi connectivity index (χ1v) is 8.04. The van der Waals surface area contributed by atoms with Gasteiger partial charge in [-0.25, -0.2) is 0 Å². The van der Waals surface area contributed by atoms with Crippen LogP contribution in [0.1, 0.15) is 24.8 Å². The van der Waals surface area contributed by atoms with Crippen molar-refractivity contribution in [2.45, 2.75) is 25.8 Å². The highest BCUT2D eigenvalue weighted by Gasteiger charge is 2.15. The molecule has 1 saturated heterocycles. The number of carbonyl (C=O) groups excluding carboxylic acids is 2. The van der Waals surface area contributed by atoms with E-state index < -0.39 is 0 Å². The third kappa shape index (κ3) is 6.28. The zero-order valence-corrected chi connectivity index (χ0v) is 13.6. The zero-order chi connectivity index (χ0) is 16.5. The molecule has 0 radical (unpaired) electrons. The summed E-state index contributed by atoms with van der Waals surface area (Å²) in [6, 6.07) is 7.49. The third-order valence-corrected chi connectivity index (χ3v) is 4.04. The molecule has 1 aliphatic heterocycles. The van der Waals surface area contributed by atoms with Crippen LogP contribution in [-0.2, 0) is 16.1 Å². The Morgan fingerprint density at radius 3 is 2.65 bits per heavy atom. The number of amides is 2. The molecule has 1 aromatic rings. The normalized spacial score (nSPS) is 16.8. The predicted molar refractivity (Wildman–Crippen MR) is 88.1 cm³/mol. The van der Waals surface area contributed by atoms with Gasteiger partial charge in [-0.15, -0.1) is 0 Å². The fraction of sp³-hybridized carbons (Fsp3) is 0.529. The number of rotatable bonds is 8. The summed E-state index contributed by atoms with van der Waals surface area (Å²) in [7, 11) is 1.61. The second-order valence-electron chi connectivity index (χ2n) is 5.80. The highest BCUT2D eigenvalue weighted by Crippen LogP contribution is 2.13. The summed E-state index contributed by atoms with van der Waals surface area (Å²) in [5, 5.41) is 8.74. The summed E-state index contributed by atoms with van der Waals surface area (Å²) in [5.74, 6) is 1.13. The smallest absolute Gasteiger partial charge is 0.239 e. The van der Waals surface area contributed by atoms with Crippen LogP contribution in [0.15, 0.2) is 24.3 Å². The summed E-state index contributed by atoms with van der Waals surface area (Å²) in [6.07, 6.45) is 2.50. The van der Waals surface area contributed by atoms with Gasteiger partial charge in [-0.3, -0.25) is 9.59 Å². The van der Waals surface area contributed by atoms with Crippen molar-refractivity contribution in [3.63, 3.8) is 0 Å². The Balaban J connectivity index is 1.59. The van der Waals surface area contributed by atoms with Crippen LogP contribution in [-0.4, -0.2) is 38.6 Å². The molecule has 0 aliphatic carbocycles. The lowest BCUT2D eigenvalue weighted by Gasteiger charge is -2.09. The summed E-state index contributed by atoms with van der Waals surface area (Å²) < 4.78 is 5.08. The van der Waals surface area contributed by atoms with Crippen molar-refractivity contribution in [2.24, 2.45) is 5.92 Å². The van der Waals surface area contributed by atoms with E-state index >= 15 is 0 Å². The zero-order valence-electron chi connectivity index (χ0n) is 13.6. The Hall–Kier alpha value is -2.08. The molecule has 6 heteroatoms. The van der Waals surface area contributed by atoms with Gasteiger partial charge in [0.2, 0.25) is 11.8 Å². The van der Waals surface area contributed by atoms with Crippen molar-refractivity contribution in [1.82, 2.24) is 16.0 Å². The van der Waals surface area contributed by atoms with E-state index in [0.29, 0.717) is 18.9 Å². The van der Waals surface area contributed by atoms with Gasteiger partial charge in [0.05, 0.1) is 13.7 Å². The van der Waals surface area contributed by atoms with Crippen molar-refractivity contribution in [3.05, 3.63) is 29.8 Å². The van der Waals surface area contributed by atoms with Crippen LogP contribution >= 0.6 is 0 Å². The summed E-state index contributed by atoms with van der Waals surface area (Å²) in [4.78, 5) is 23.5. The summed E-state index contributed by atoms with van der Waals surface area (Å²) >= 11 is 0. The van der Waals surface area contributed by atoms with E-state index in [-0.39, 0.29) is 18.4 Å². The molecule has 0 spiro atoms. The molecule has 126 valence electrons. The SMILES string of the molecule is COc1ccc(CNC(=O)CNC(=O)CCC2CCNC2)cc1. The second-order valence-corrected chi connectivity index (χ2v) is 5.80. The topological polar surface area (TPSA) is 79.5 Å². The lowest BCUT2D eigenvalue weighted by Crippen LogP contribution is -2.36. The van der Waals surface area contributed by atoms with Crippen LogP contribution in [0.2, 0.25) is 0 Å². The van der Waals surface area contributed by atoms with Gasteiger partial charge in [-0.05, 0) is 49.5 Å². The molecule has 1 heterocycles. The van der Waals surface area contributed by atoms with Gasteiger partial charge >= 0.3 is 0 Å². The van der Waals surface area contributed by atoms with Crippen LogP contribution in [0.3, 0.4) is 0 Å². The van der Waals surface area contributed by atoms with E-state index in [1.807, 2.05) is 24.3 Å². The minimum atomic E-state index is -0.184. The van der Waals surface area contributed by atoms with Crippen LogP contribution in [0.25, 0.3) is 0 Å². The average molecular weight is 319 g/mol. The van der Waals surface area contributed by atoms with Gasteiger partial charge in [0.1, 0.15) is 5.75 Å². The molecule has 3 N–H and O–H groups in total. The van der Waals surface area contributed by atoms with Crippen molar-refractivity contribution < 1.29 is 14.3 Å². The highest BCUT2D eigenvalue weighted by molar-refractivity contribution is 5.84. The molecule has 1 unspecified atom stereocenters. The summed E-state index contributed by atoms with van der Waals surface area (Å²) in [5.41, 5.74) is 0.985. The molecule has 0 saturated carbocycles. The number of benzene rings is 1. The molecule has 2 amide bonds. The predicted octanol–water partition coefficient (Wildman–Crippen LogP) is 0.817. The number of carbonyl (C=O) groups is 2. The van der Waals surface area contributed by atoms with Crippen LogP contribution in [0.4, 0.5) is 0 Å². The fourth-order valence-electron chi connectivity index (χ4n) is 2.57. The van der Waals surface area contributed by atoms with Crippen LogP contribution in [0, 0.1) is 5.92 Å². The first-order chi connectivity index (χ1) is 11.2. The molecule has 1 fully saturated rings. The van der Waals surface area contributed by atoms with Gasteiger partial charge in [0, 0.05) is 13.0 Å². The number of nitrogens with one attached hydrogen (secondary N) is 3. The highest BCUT2D eigenvalue weighted by atomic mass is 16.5. The lowest BCUT2D eigenvalue weighted by molar-refractivity contribution is -0.126. The van der Waals surface area contributed by atoms with E-state index in [9.17, 15) is 9.59 Å². The maximum atomic E-state index is 11.7. The fourth-order valence-corrected chi connectivity index (χ4v) is 2.57. The van der Waals surface area contributed by atoms with E-state index in [1.165, 1.54) is 0 Å². The average Bonchev–Trinajstić information content (AvgIpc) is 3.10. The maximum absolute atomic E-state index is 11.7. The van der Waals surface area contributed by atoms with E-state index in [1.54, 1.807) is 7.11 Å². The first kappa shape index (κ1) is 17.3. The van der Waals surface area contributed by atoms with E-state index in [0.717, 1.165) is 37.2 Å². The summed E-state index contributed by atoms with van der Waals surface area (Å²) in [6.45, 7) is 2.50. The molecular weight excluding hydrogens is 294 g/mol. The van der Waals surface area contributed by atoms with Gasteiger partial charge in [-0.1, -0.05) is 12.1 Å². The Morgan fingerprint density at radius 2 is 2.00 bits per heavy atom. The Bertz CT molecular complexity index is 510. The molecule has 0 bridgehead atoms. The first-order valence-electron chi connectivity index (χ1n) is 8.04. The molecule has 1 aromatic carbocycles. The molecule has 6 nitrogen and oxygen atoms in total. The molecule has 1 aliphatic rings. The van der Waals surface area contributed by atoms with E-state index in [4.69, 9.17) is 4.74 Å². The van der Waals surface area contributed by atoms with Crippen molar-refractivity contribution in [1.29, 1.82) is 0 Å². The number of methoxy groups -OCH3 is 1. The number of hydrogen-bond acceptors (Lipinski definition) is 4. The molecular formula is C17H25N3O3. The van der Waals surface area contributed by atoms with Crippen LogP contribution < -0.4 is 20.7 Å². The number of hydrogen-bond donors (Lipinski definition) is 3. The molecule has 1 atom stereocenters. The largest absolute Gasteiger partial charge is 0.497 e. The third-order valence-electron chi connectivity index (χ3n) is 4.04. The van der Waals surface area contributed by atoms with Crippen LogP contribution in [0.5, 0.6) is 5.75 Å². The van der Waals surface area contributed by atoms with Gasteiger partial charge in [0.15, 0.2) is 0 Å². The minimum absolute atomic E-state index is 0.0257. The maximum Gasteiger partial charge on any atom is 0.239 e. The molecule has 0 aromatic heterocycles. The number of ether oxygens (including phenoxy) is 1. The van der Waals surface area contributed by atoms with Gasteiger partial charge in [-0.2, -0.15) is 0 Å². The Labute approximate surface area is 137 Å². The lowest BCUT2D eigenvalue weighted by atomic mass is 10.0. The van der Waals surface area contributed by atoms with Gasteiger partial charge < -0.3 is 20.7 Å². The van der Waals surface area contributed by atoms with Crippen molar-refractivity contribution >= 4 is 11.8 Å². The minimum Gasteiger partial charge on any atom is -0.497 e. The Kier molecular flexibility index (Phi) is 6.87. The Morgan fingerprint density at radius 1 is 1.22 bits per heavy atom.